The monoisotopic (exact) mass is 312 g/mol. The molecule has 2 fully saturated rings. The topological polar surface area (TPSA) is 29.5 Å². The zero-order chi connectivity index (χ0) is 14.9. The second-order valence-corrected chi connectivity index (χ2v) is 6.84. The highest BCUT2D eigenvalue weighted by Gasteiger charge is 2.41. The Balaban J connectivity index is 1.78. The van der Waals surface area contributed by atoms with Crippen LogP contribution in [-0.2, 0) is 4.74 Å². The van der Waals surface area contributed by atoms with Crippen LogP contribution in [0.25, 0.3) is 0 Å². The summed E-state index contributed by atoms with van der Waals surface area (Å²) in [6.45, 7) is 0.657. The van der Waals surface area contributed by atoms with Crippen molar-refractivity contribution in [1.29, 1.82) is 0 Å². The number of aliphatic hydroxyl groups excluding tert-OH is 1. The molecule has 1 spiro atoms. The number of halogens is 2. The summed E-state index contributed by atoms with van der Waals surface area (Å²) in [6, 6.07) is 4.84. The highest BCUT2D eigenvalue weighted by Crippen LogP contribution is 2.44. The Bertz CT molecular complexity index is 494. The van der Waals surface area contributed by atoms with Crippen molar-refractivity contribution in [2.24, 2.45) is 5.92 Å². The van der Waals surface area contributed by atoms with E-state index in [1.54, 1.807) is 12.1 Å². The first-order valence-corrected chi connectivity index (χ1v) is 8.25. The van der Waals surface area contributed by atoms with Crippen LogP contribution < -0.4 is 0 Å². The fourth-order valence-corrected chi connectivity index (χ4v) is 4.06. The summed E-state index contributed by atoms with van der Waals surface area (Å²) in [7, 11) is 0. The van der Waals surface area contributed by atoms with E-state index in [2.05, 4.69) is 0 Å². The molecule has 0 amide bonds. The molecule has 0 bridgehead atoms. The highest BCUT2D eigenvalue weighted by atomic mass is 35.5. The van der Waals surface area contributed by atoms with Gasteiger partial charge in [-0.3, -0.25) is 0 Å². The van der Waals surface area contributed by atoms with E-state index in [0.29, 0.717) is 12.2 Å². The van der Waals surface area contributed by atoms with Crippen molar-refractivity contribution in [1.82, 2.24) is 0 Å². The lowest BCUT2D eigenvalue weighted by molar-refractivity contribution is -0.134. The van der Waals surface area contributed by atoms with Gasteiger partial charge in [0.05, 0.1) is 16.7 Å². The molecule has 3 rings (SSSR count). The number of hydrogen-bond donors (Lipinski definition) is 1. The Kier molecular flexibility index (Phi) is 4.53. The Morgan fingerprint density at radius 3 is 2.81 bits per heavy atom. The van der Waals surface area contributed by atoms with Crippen LogP contribution >= 0.6 is 11.6 Å². The normalized spacial score (nSPS) is 26.7. The van der Waals surface area contributed by atoms with E-state index in [1.165, 1.54) is 25.3 Å². The maximum absolute atomic E-state index is 14.1. The minimum Gasteiger partial charge on any atom is -0.388 e. The first-order chi connectivity index (χ1) is 10.1. The van der Waals surface area contributed by atoms with Crippen molar-refractivity contribution in [3.05, 3.63) is 34.6 Å². The molecule has 21 heavy (non-hydrogen) atoms. The van der Waals surface area contributed by atoms with E-state index in [9.17, 15) is 9.50 Å². The van der Waals surface area contributed by atoms with Gasteiger partial charge in [-0.25, -0.2) is 4.39 Å². The van der Waals surface area contributed by atoms with Gasteiger partial charge in [-0.2, -0.15) is 0 Å². The van der Waals surface area contributed by atoms with Gasteiger partial charge < -0.3 is 9.84 Å². The molecule has 1 aromatic carbocycles. The fourth-order valence-electron chi connectivity index (χ4n) is 3.88. The second-order valence-electron chi connectivity index (χ2n) is 6.43. The van der Waals surface area contributed by atoms with Crippen LogP contribution in [0.3, 0.4) is 0 Å². The quantitative estimate of drug-likeness (QED) is 0.862. The number of aliphatic hydroxyl groups is 1. The summed E-state index contributed by atoms with van der Waals surface area (Å²) in [6.07, 6.45) is 6.56. The van der Waals surface area contributed by atoms with E-state index < -0.39 is 11.9 Å². The third-order valence-electron chi connectivity index (χ3n) is 5.04. The zero-order valence-corrected chi connectivity index (χ0v) is 12.9. The molecule has 1 heterocycles. The van der Waals surface area contributed by atoms with Gasteiger partial charge in [0.15, 0.2) is 0 Å². The molecule has 1 N–H and O–H groups in total. The van der Waals surface area contributed by atoms with Crippen LogP contribution in [0.5, 0.6) is 0 Å². The number of benzene rings is 1. The Morgan fingerprint density at radius 1 is 1.29 bits per heavy atom. The van der Waals surface area contributed by atoms with Crippen molar-refractivity contribution < 1.29 is 14.2 Å². The molecule has 2 unspecified atom stereocenters. The van der Waals surface area contributed by atoms with Crippen LogP contribution in [0.1, 0.15) is 56.6 Å². The fraction of sp³-hybridized carbons (Fsp3) is 0.647. The summed E-state index contributed by atoms with van der Waals surface area (Å²) in [5.74, 6) is -0.444. The van der Waals surface area contributed by atoms with Gasteiger partial charge in [0.1, 0.15) is 5.82 Å². The minimum absolute atomic E-state index is 0.0461. The molecule has 0 radical (unpaired) electrons. The maximum atomic E-state index is 14.1. The Morgan fingerprint density at radius 2 is 2.05 bits per heavy atom. The molecule has 116 valence electrons. The summed E-state index contributed by atoms with van der Waals surface area (Å²) < 4.78 is 20.2. The Labute approximate surface area is 130 Å². The number of hydrogen-bond acceptors (Lipinski definition) is 2. The smallest absolute Gasteiger partial charge is 0.147 e. The zero-order valence-electron chi connectivity index (χ0n) is 12.2. The molecule has 2 aliphatic rings. The third-order valence-corrected chi connectivity index (χ3v) is 5.33. The molecular formula is C17H22ClFO2. The van der Waals surface area contributed by atoms with Gasteiger partial charge >= 0.3 is 0 Å². The molecule has 1 aromatic rings. The molecule has 1 saturated heterocycles. The van der Waals surface area contributed by atoms with Crippen LogP contribution in [-0.4, -0.2) is 17.3 Å². The van der Waals surface area contributed by atoms with Gasteiger partial charge in [-0.15, -0.1) is 0 Å². The lowest BCUT2D eigenvalue weighted by Gasteiger charge is -2.44. The molecule has 4 heteroatoms. The van der Waals surface area contributed by atoms with Gasteiger partial charge in [-0.05, 0) is 37.7 Å². The van der Waals surface area contributed by atoms with Gasteiger partial charge in [0, 0.05) is 12.2 Å². The average molecular weight is 313 g/mol. The first-order valence-electron chi connectivity index (χ1n) is 7.87. The van der Waals surface area contributed by atoms with E-state index in [-0.39, 0.29) is 16.5 Å². The predicted molar refractivity (Wildman–Crippen MR) is 80.9 cm³/mol. The second kappa shape index (κ2) is 6.23. The SMILES string of the molecule is OC(c1cccc(Cl)c1F)C1CCOC2(CCCCC2)C1. The van der Waals surface area contributed by atoms with Crippen molar-refractivity contribution in [2.75, 3.05) is 6.61 Å². The molecule has 2 nitrogen and oxygen atoms in total. The molecule has 1 aliphatic heterocycles. The van der Waals surface area contributed by atoms with Crippen molar-refractivity contribution >= 4 is 11.6 Å². The summed E-state index contributed by atoms with van der Waals surface area (Å²) in [5, 5.41) is 10.7. The average Bonchev–Trinajstić information content (AvgIpc) is 2.50. The van der Waals surface area contributed by atoms with E-state index in [4.69, 9.17) is 16.3 Å². The standard InChI is InChI=1S/C17H22ClFO2/c18-14-6-4-5-13(15(14)19)16(20)12-7-10-21-17(11-12)8-2-1-3-9-17/h4-6,12,16,20H,1-3,7-11H2. The highest BCUT2D eigenvalue weighted by molar-refractivity contribution is 6.30. The third kappa shape index (κ3) is 3.10. The van der Waals surface area contributed by atoms with E-state index >= 15 is 0 Å². The number of rotatable bonds is 2. The van der Waals surface area contributed by atoms with Gasteiger partial charge in [0.2, 0.25) is 0 Å². The minimum atomic E-state index is -0.800. The van der Waals surface area contributed by atoms with E-state index in [1.807, 2.05) is 0 Å². The van der Waals surface area contributed by atoms with Crippen molar-refractivity contribution in [3.8, 4) is 0 Å². The lowest BCUT2D eigenvalue weighted by Crippen LogP contribution is -2.42. The van der Waals surface area contributed by atoms with Crippen molar-refractivity contribution in [3.63, 3.8) is 0 Å². The van der Waals surface area contributed by atoms with Crippen LogP contribution in [0, 0.1) is 11.7 Å². The summed E-state index contributed by atoms with van der Waals surface area (Å²) in [4.78, 5) is 0. The largest absolute Gasteiger partial charge is 0.388 e. The van der Waals surface area contributed by atoms with Crippen LogP contribution in [0.2, 0.25) is 5.02 Å². The van der Waals surface area contributed by atoms with Gasteiger partial charge in [0.25, 0.3) is 0 Å². The lowest BCUT2D eigenvalue weighted by atomic mass is 9.74. The molecule has 1 aliphatic carbocycles. The molecule has 1 saturated carbocycles. The number of ether oxygens (including phenoxy) is 1. The first kappa shape index (κ1) is 15.3. The van der Waals surface area contributed by atoms with Crippen molar-refractivity contribution in [2.45, 2.75) is 56.7 Å². The van der Waals surface area contributed by atoms with E-state index in [0.717, 1.165) is 25.7 Å². The predicted octanol–water partition coefficient (Wildman–Crippen LogP) is 4.64. The molecular weight excluding hydrogens is 291 g/mol. The summed E-state index contributed by atoms with van der Waals surface area (Å²) in [5.41, 5.74) is 0.234. The summed E-state index contributed by atoms with van der Waals surface area (Å²) >= 11 is 5.83. The van der Waals surface area contributed by atoms with Crippen LogP contribution in [0.15, 0.2) is 18.2 Å². The molecule has 0 aromatic heterocycles. The Hall–Kier alpha value is -0.640. The molecule has 2 atom stereocenters. The van der Waals surface area contributed by atoms with Gasteiger partial charge in [-0.1, -0.05) is 43.0 Å². The van der Waals surface area contributed by atoms with Crippen LogP contribution in [0.4, 0.5) is 4.39 Å². The maximum Gasteiger partial charge on any atom is 0.147 e.